The first-order valence-corrected chi connectivity index (χ1v) is 8.27. The van der Waals surface area contributed by atoms with Crippen molar-refractivity contribution >= 4 is 11.9 Å². The third-order valence-corrected chi connectivity index (χ3v) is 6.03. The Morgan fingerprint density at radius 3 is 2.29 bits per heavy atom. The predicted octanol–water partition coefficient (Wildman–Crippen LogP) is 3.53. The number of carbonyl (C=O) groups is 1. The van der Waals surface area contributed by atoms with Crippen LogP contribution in [0.25, 0.3) is 6.08 Å². The van der Waals surface area contributed by atoms with Gasteiger partial charge in [-0.1, -0.05) is 0 Å². The topological polar surface area (TPSA) is 34.9 Å². The molecule has 0 unspecified atom stereocenters. The summed E-state index contributed by atoms with van der Waals surface area (Å²) < 4.78 is 1.81. The smallest absolute Gasteiger partial charge is 0.161 e. The molecule has 3 heteroatoms. The van der Waals surface area contributed by atoms with Crippen LogP contribution in [0.4, 0.5) is 0 Å². The monoisotopic (exact) mass is 284 g/mol. The molecular weight excluding hydrogens is 260 g/mol. The van der Waals surface area contributed by atoms with Gasteiger partial charge in [0.15, 0.2) is 5.78 Å². The molecule has 21 heavy (non-hydrogen) atoms. The van der Waals surface area contributed by atoms with E-state index in [1.165, 1.54) is 19.3 Å². The molecule has 0 atom stereocenters. The maximum absolute atomic E-state index is 12.9. The Morgan fingerprint density at radius 1 is 1.24 bits per heavy atom. The van der Waals surface area contributed by atoms with Gasteiger partial charge < -0.3 is 0 Å². The molecule has 5 rings (SSSR count). The van der Waals surface area contributed by atoms with Gasteiger partial charge in [-0.2, -0.15) is 5.10 Å². The molecular formula is C18H24N2O. The van der Waals surface area contributed by atoms with Gasteiger partial charge in [0.1, 0.15) is 0 Å². The van der Waals surface area contributed by atoms with Crippen molar-refractivity contribution in [2.75, 3.05) is 0 Å². The van der Waals surface area contributed by atoms with Crippen LogP contribution in [-0.2, 0) is 11.8 Å². The highest BCUT2D eigenvalue weighted by atomic mass is 16.1. The van der Waals surface area contributed by atoms with Crippen molar-refractivity contribution < 1.29 is 4.79 Å². The molecule has 0 saturated heterocycles. The highest BCUT2D eigenvalue weighted by Crippen LogP contribution is 2.60. The first kappa shape index (κ1) is 13.3. The fraction of sp³-hybridized carbons (Fsp3) is 0.667. The normalized spacial score (nSPS) is 37.5. The van der Waals surface area contributed by atoms with Crippen molar-refractivity contribution in [3.05, 3.63) is 23.5 Å². The number of carbonyl (C=O) groups excluding carboxylic acids is 1. The summed E-state index contributed by atoms with van der Waals surface area (Å²) in [7, 11) is 1.92. The number of hydrogen-bond acceptors (Lipinski definition) is 2. The molecule has 4 aliphatic carbocycles. The Morgan fingerprint density at radius 2 is 1.81 bits per heavy atom. The lowest BCUT2D eigenvalue weighted by Gasteiger charge is -2.55. The molecule has 4 saturated carbocycles. The van der Waals surface area contributed by atoms with Crippen LogP contribution in [0.3, 0.4) is 0 Å². The Labute approximate surface area is 126 Å². The number of aromatic nitrogens is 2. The molecule has 1 aromatic heterocycles. The van der Waals surface area contributed by atoms with Gasteiger partial charge in [-0.3, -0.25) is 9.48 Å². The fourth-order valence-electron chi connectivity index (χ4n) is 5.54. The van der Waals surface area contributed by atoms with E-state index >= 15 is 0 Å². The minimum atomic E-state index is -0.0125. The summed E-state index contributed by atoms with van der Waals surface area (Å²) >= 11 is 0. The second kappa shape index (κ2) is 4.56. The van der Waals surface area contributed by atoms with E-state index in [0.29, 0.717) is 5.78 Å². The zero-order valence-corrected chi connectivity index (χ0v) is 13.0. The van der Waals surface area contributed by atoms with E-state index in [4.69, 9.17) is 0 Å². The molecule has 1 heterocycles. The van der Waals surface area contributed by atoms with Crippen molar-refractivity contribution in [3.8, 4) is 0 Å². The van der Waals surface area contributed by atoms with E-state index < -0.39 is 0 Å². The lowest BCUT2D eigenvalue weighted by Crippen LogP contribution is -2.49. The molecule has 0 amide bonds. The average molecular weight is 284 g/mol. The number of ketones is 1. The van der Waals surface area contributed by atoms with Gasteiger partial charge >= 0.3 is 0 Å². The van der Waals surface area contributed by atoms with Crippen molar-refractivity contribution in [1.82, 2.24) is 9.78 Å². The minimum Gasteiger partial charge on any atom is -0.294 e. The molecule has 3 nitrogen and oxygen atoms in total. The van der Waals surface area contributed by atoms with Crippen molar-refractivity contribution in [3.63, 3.8) is 0 Å². The van der Waals surface area contributed by atoms with Crippen LogP contribution in [0.1, 0.15) is 49.8 Å². The van der Waals surface area contributed by atoms with Crippen LogP contribution in [0.15, 0.2) is 12.3 Å². The van der Waals surface area contributed by atoms with Crippen molar-refractivity contribution in [2.24, 2.45) is 30.2 Å². The van der Waals surface area contributed by atoms with E-state index in [1.807, 2.05) is 37.0 Å². The first-order chi connectivity index (χ1) is 10.0. The van der Waals surface area contributed by atoms with Crippen LogP contribution in [-0.4, -0.2) is 15.6 Å². The second-order valence-corrected chi connectivity index (χ2v) is 7.74. The number of allylic oxidation sites excluding steroid dienone is 1. The zero-order valence-electron chi connectivity index (χ0n) is 13.0. The summed E-state index contributed by atoms with van der Waals surface area (Å²) in [4.78, 5) is 12.9. The maximum atomic E-state index is 12.9. The summed E-state index contributed by atoms with van der Waals surface area (Å²) in [6.07, 6.45) is 13.4. The number of nitrogens with zero attached hydrogens (tertiary/aromatic N) is 2. The van der Waals surface area contributed by atoms with E-state index in [9.17, 15) is 4.79 Å². The second-order valence-electron chi connectivity index (χ2n) is 7.74. The number of rotatable bonds is 3. The van der Waals surface area contributed by atoms with Gasteiger partial charge in [0.25, 0.3) is 0 Å². The third kappa shape index (κ3) is 2.18. The highest BCUT2D eigenvalue weighted by Gasteiger charge is 2.53. The van der Waals surface area contributed by atoms with E-state index in [1.54, 1.807) is 0 Å². The summed E-state index contributed by atoms with van der Waals surface area (Å²) in [5, 5.41) is 4.34. The van der Waals surface area contributed by atoms with Crippen molar-refractivity contribution in [2.45, 2.75) is 45.4 Å². The lowest BCUT2D eigenvalue weighted by molar-refractivity contribution is -0.138. The Balaban J connectivity index is 1.56. The molecule has 0 radical (unpaired) electrons. The SMILES string of the molecule is Cc1nn(C)cc1C=CC(=O)C12CC3CC(CC(C3)C1)C2. The van der Waals surface area contributed by atoms with Gasteiger partial charge in [-0.05, 0) is 75.4 Å². The van der Waals surface area contributed by atoms with Crippen LogP contribution in [0, 0.1) is 30.1 Å². The molecule has 1 aromatic rings. The van der Waals surface area contributed by atoms with Crippen LogP contribution in [0.5, 0.6) is 0 Å². The van der Waals surface area contributed by atoms with E-state index in [-0.39, 0.29) is 5.41 Å². The number of aryl methyl sites for hydroxylation is 2. The maximum Gasteiger partial charge on any atom is 0.161 e. The first-order valence-electron chi connectivity index (χ1n) is 8.27. The zero-order chi connectivity index (χ0) is 14.6. The number of hydrogen-bond donors (Lipinski definition) is 0. The summed E-state index contributed by atoms with van der Waals surface area (Å²) in [5.41, 5.74) is 2.05. The summed E-state index contributed by atoms with van der Waals surface area (Å²) in [6.45, 7) is 1.99. The third-order valence-electron chi connectivity index (χ3n) is 6.03. The quantitative estimate of drug-likeness (QED) is 0.796. The molecule has 112 valence electrons. The van der Waals surface area contributed by atoms with Crippen LogP contribution in [0.2, 0.25) is 0 Å². The van der Waals surface area contributed by atoms with Gasteiger partial charge in [-0.15, -0.1) is 0 Å². The molecule has 0 spiro atoms. The molecule has 4 fully saturated rings. The Hall–Kier alpha value is -1.38. The summed E-state index contributed by atoms with van der Waals surface area (Å²) in [5.74, 6) is 2.86. The molecule has 0 aliphatic heterocycles. The minimum absolute atomic E-state index is 0.0125. The molecule has 4 bridgehead atoms. The molecule has 0 N–H and O–H groups in total. The van der Waals surface area contributed by atoms with Gasteiger partial charge in [-0.25, -0.2) is 0 Å². The standard InChI is InChI=1S/C18H24N2O/c1-12-16(11-20(2)19-12)3-4-17(21)18-8-13-5-14(9-18)7-15(6-13)10-18/h3-4,11,13-15H,5-10H2,1-2H3. The Bertz CT molecular complexity index is 575. The van der Waals surface area contributed by atoms with E-state index in [0.717, 1.165) is 48.3 Å². The fourth-order valence-corrected chi connectivity index (χ4v) is 5.54. The van der Waals surface area contributed by atoms with Gasteiger partial charge in [0.05, 0.1) is 5.69 Å². The average Bonchev–Trinajstić information content (AvgIpc) is 2.72. The largest absolute Gasteiger partial charge is 0.294 e. The molecule has 0 aromatic carbocycles. The van der Waals surface area contributed by atoms with Gasteiger partial charge in [0.2, 0.25) is 0 Å². The van der Waals surface area contributed by atoms with Crippen LogP contribution < -0.4 is 0 Å². The highest BCUT2D eigenvalue weighted by molar-refractivity contribution is 5.98. The van der Waals surface area contributed by atoms with Crippen LogP contribution >= 0.6 is 0 Å². The lowest BCUT2D eigenvalue weighted by atomic mass is 9.48. The van der Waals surface area contributed by atoms with E-state index in [2.05, 4.69) is 5.10 Å². The predicted molar refractivity (Wildman–Crippen MR) is 82.6 cm³/mol. The summed E-state index contributed by atoms with van der Waals surface area (Å²) in [6, 6.07) is 0. The van der Waals surface area contributed by atoms with Crippen molar-refractivity contribution in [1.29, 1.82) is 0 Å². The molecule has 4 aliphatic rings. The Kier molecular flexibility index (Phi) is 2.88. The van der Waals surface area contributed by atoms with Gasteiger partial charge in [0, 0.05) is 24.2 Å².